The van der Waals surface area contributed by atoms with Crippen LogP contribution in [0.25, 0.3) is 0 Å². The van der Waals surface area contributed by atoms with E-state index in [4.69, 9.17) is 4.74 Å². The Balaban J connectivity index is 2.42. The van der Waals surface area contributed by atoms with Gasteiger partial charge in [-0.1, -0.05) is 6.07 Å². The van der Waals surface area contributed by atoms with Crippen molar-refractivity contribution in [1.82, 2.24) is 0 Å². The molecule has 0 aliphatic carbocycles. The second-order valence-corrected chi connectivity index (χ2v) is 4.82. The number of benzene rings is 1. The Bertz CT molecular complexity index is 315. The van der Waals surface area contributed by atoms with E-state index in [2.05, 4.69) is 30.6 Å². The maximum Gasteiger partial charge on any atom is 0.141 e. The van der Waals surface area contributed by atoms with E-state index in [1.807, 2.05) is 17.8 Å². The van der Waals surface area contributed by atoms with Crippen LogP contribution in [-0.2, 0) is 0 Å². The van der Waals surface area contributed by atoms with Gasteiger partial charge in [0.2, 0.25) is 0 Å². The number of thioether (sulfide) groups is 1. The van der Waals surface area contributed by atoms with E-state index in [1.165, 1.54) is 24.2 Å². The second-order valence-electron chi connectivity index (χ2n) is 3.83. The van der Waals surface area contributed by atoms with Crippen LogP contribution in [0.3, 0.4) is 0 Å². The molecule has 90 valence electrons. The Morgan fingerprint density at radius 3 is 2.81 bits per heavy atom. The van der Waals surface area contributed by atoms with Crippen LogP contribution in [0, 0.1) is 6.92 Å². The normalized spacial score (nSPS) is 10.2. The molecule has 0 spiro atoms. The molecule has 0 bridgehead atoms. The third kappa shape index (κ3) is 4.35. The van der Waals surface area contributed by atoms with Gasteiger partial charge in [-0.2, -0.15) is 11.8 Å². The molecule has 0 aliphatic rings. The number of ether oxygens (including phenoxy) is 1. The van der Waals surface area contributed by atoms with E-state index >= 15 is 0 Å². The van der Waals surface area contributed by atoms with Crippen LogP contribution in [0.1, 0.15) is 18.4 Å². The van der Waals surface area contributed by atoms with Crippen molar-refractivity contribution in [3.63, 3.8) is 0 Å². The van der Waals surface area contributed by atoms with Gasteiger partial charge in [0, 0.05) is 6.54 Å². The molecule has 0 saturated carbocycles. The van der Waals surface area contributed by atoms with E-state index in [1.54, 1.807) is 7.11 Å². The molecule has 0 unspecified atom stereocenters. The second kappa shape index (κ2) is 7.44. The Labute approximate surface area is 103 Å². The molecule has 0 amide bonds. The van der Waals surface area contributed by atoms with Crippen molar-refractivity contribution in [1.29, 1.82) is 0 Å². The van der Waals surface area contributed by atoms with Gasteiger partial charge in [0.25, 0.3) is 0 Å². The maximum atomic E-state index is 5.31. The maximum absolute atomic E-state index is 5.31. The van der Waals surface area contributed by atoms with Gasteiger partial charge in [-0.15, -0.1) is 0 Å². The molecule has 1 aromatic carbocycles. The first-order valence-electron chi connectivity index (χ1n) is 5.65. The van der Waals surface area contributed by atoms with Gasteiger partial charge in [-0.25, -0.2) is 0 Å². The average Bonchev–Trinajstić information content (AvgIpc) is 2.29. The molecule has 0 atom stereocenters. The van der Waals surface area contributed by atoms with E-state index < -0.39 is 0 Å². The topological polar surface area (TPSA) is 21.3 Å². The Morgan fingerprint density at radius 1 is 1.31 bits per heavy atom. The van der Waals surface area contributed by atoms with E-state index in [0.29, 0.717) is 0 Å². The molecule has 0 radical (unpaired) electrons. The molecule has 0 saturated heterocycles. The summed E-state index contributed by atoms with van der Waals surface area (Å²) in [5, 5.41) is 3.43. The van der Waals surface area contributed by atoms with Crippen LogP contribution in [0.15, 0.2) is 18.2 Å². The molecule has 16 heavy (non-hydrogen) atoms. The summed E-state index contributed by atoms with van der Waals surface area (Å²) in [4.78, 5) is 0. The van der Waals surface area contributed by atoms with Gasteiger partial charge in [-0.3, -0.25) is 0 Å². The number of hydrogen-bond donors (Lipinski definition) is 1. The fourth-order valence-electron chi connectivity index (χ4n) is 1.55. The van der Waals surface area contributed by atoms with E-state index in [-0.39, 0.29) is 0 Å². The number of aryl methyl sites for hydroxylation is 1. The largest absolute Gasteiger partial charge is 0.495 e. The molecule has 0 fully saturated rings. The Morgan fingerprint density at radius 2 is 2.12 bits per heavy atom. The zero-order valence-corrected chi connectivity index (χ0v) is 11.2. The predicted octanol–water partition coefficient (Wildman–Crippen LogP) is 3.56. The van der Waals surface area contributed by atoms with Crippen molar-refractivity contribution in [2.75, 3.05) is 31.0 Å². The molecule has 3 heteroatoms. The summed E-state index contributed by atoms with van der Waals surface area (Å²) in [6.45, 7) is 3.11. The first kappa shape index (κ1) is 13.2. The summed E-state index contributed by atoms with van der Waals surface area (Å²) in [5.41, 5.74) is 2.36. The van der Waals surface area contributed by atoms with Crippen molar-refractivity contribution in [3.8, 4) is 5.75 Å². The summed E-state index contributed by atoms with van der Waals surface area (Å²) in [5.74, 6) is 2.17. The van der Waals surface area contributed by atoms with Crippen LogP contribution >= 0.6 is 11.8 Å². The van der Waals surface area contributed by atoms with Gasteiger partial charge in [-0.05, 0) is 49.5 Å². The molecule has 2 nitrogen and oxygen atoms in total. The lowest BCUT2D eigenvalue weighted by Crippen LogP contribution is -2.03. The van der Waals surface area contributed by atoms with Gasteiger partial charge in [0.1, 0.15) is 5.75 Å². The number of rotatable bonds is 7. The number of nitrogens with one attached hydrogen (secondary N) is 1. The highest BCUT2D eigenvalue weighted by molar-refractivity contribution is 7.98. The highest BCUT2D eigenvalue weighted by Crippen LogP contribution is 2.25. The molecule has 0 aliphatic heterocycles. The van der Waals surface area contributed by atoms with Crippen molar-refractivity contribution >= 4 is 17.4 Å². The van der Waals surface area contributed by atoms with Crippen molar-refractivity contribution < 1.29 is 4.74 Å². The minimum atomic E-state index is 0.926. The summed E-state index contributed by atoms with van der Waals surface area (Å²) >= 11 is 1.91. The molecule has 0 aromatic heterocycles. The SMILES string of the molecule is COc1ccc(C)cc1NCCCCSC. The van der Waals surface area contributed by atoms with Gasteiger partial charge >= 0.3 is 0 Å². The fraction of sp³-hybridized carbons (Fsp3) is 0.538. The predicted molar refractivity (Wildman–Crippen MR) is 73.8 cm³/mol. The lowest BCUT2D eigenvalue weighted by molar-refractivity contribution is 0.416. The monoisotopic (exact) mass is 239 g/mol. The standard InChI is InChI=1S/C13H21NOS/c1-11-6-7-13(15-2)12(10-11)14-8-4-5-9-16-3/h6-7,10,14H,4-5,8-9H2,1-3H3. The summed E-state index contributed by atoms with van der Waals surface area (Å²) in [6.07, 6.45) is 4.62. The fourth-order valence-corrected chi connectivity index (χ4v) is 2.05. The lowest BCUT2D eigenvalue weighted by Gasteiger charge is -2.11. The Kier molecular flexibility index (Phi) is 6.16. The first-order chi connectivity index (χ1) is 7.77. The molecule has 1 rings (SSSR count). The highest BCUT2D eigenvalue weighted by Gasteiger charge is 2.01. The number of anilines is 1. The van der Waals surface area contributed by atoms with E-state index in [0.717, 1.165) is 18.0 Å². The van der Waals surface area contributed by atoms with Gasteiger partial charge in [0.05, 0.1) is 12.8 Å². The minimum Gasteiger partial charge on any atom is -0.495 e. The van der Waals surface area contributed by atoms with E-state index in [9.17, 15) is 0 Å². The number of methoxy groups -OCH3 is 1. The zero-order chi connectivity index (χ0) is 11.8. The number of hydrogen-bond acceptors (Lipinski definition) is 3. The third-order valence-corrected chi connectivity index (χ3v) is 3.14. The van der Waals surface area contributed by atoms with Crippen LogP contribution in [0.5, 0.6) is 5.75 Å². The number of unbranched alkanes of at least 4 members (excludes halogenated alkanes) is 1. The molecule has 1 aromatic rings. The smallest absolute Gasteiger partial charge is 0.141 e. The average molecular weight is 239 g/mol. The van der Waals surface area contributed by atoms with Gasteiger partial charge < -0.3 is 10.1 Å². The van der Waals surface area contributed by atoms with Gasteiger partial charge in [0.15, 0.2) is 0 Å². The van der Waals surface area contributed by atoms with Crippen LogP contribution in [0.2, 0.25) is 0 Å². The molecular formula is C13H21NOS. The Hall–Kier alpha value is -0.830. The van der Waals surface area contributed by atoms with Crippen molar-refractivity contribution in [2.45, 2.75) is 19.8 Å². The highest BCUT2D eigenvalue weighted by atomic mass is 32.2. The van der Waals surface area contributed by atoms with Crippen LogP contribution in [-0.4, -0.2) is 25.7 Å². The van der Waals surface area contributed by atoms with Crippen molar-refractivity contribution in [2.24, 2.45) is 0 Å². The molecule has 1 N–H and O–H groups in total. The minimum absolute atomic E-state index is 0.926. The lowest BCUT2D eigenvalue weighted by atomic mass is 10.2. The zero-order valence-electron chi connectivity index (χ0n) is 10.4. The third-order valence-electron chi connectivity index (χ3n) is 2.45. The summed E-state index contributed by atoms with van der Waals surface area (Å²) in [7, 11) is 1.71. The molecular weight excluding hydrogens is 218 g/mol. The first-order valence-corrected chi connectivity index (χ1v) is 7.04. The van der Waals surface area contributed by atoms with Crippen LogP contribution < -0.4 is 10.1 Å². The summed E-state index contributed by atoms with van der Waals surface area (Å²) in [6, 6.07) is 6.21. The summed E-state index contributed by atoms with van der Waals surface area (Å²) < 4.78 is 5.31. The molecule has 0 heterocycles. The van der Waals surface area contributed by atoms with Crippen molar-refractivity contribution in [3.05, 3.63) is 23.8 Å². The quantitative estimate of drug-likeness (QED) is 0.735. The van der Waals surface area contributed by atoms with Crippen LogP contribution in [0.4, 0.5) is 5.69 Å².